The molecule has 1 heterocycles. The Hall–Kier alpha value is -0.610. The van der Waals surface area contributed by atoms with Crippen LogP contribution < -0.4 is 5.32 Å². The minimum atomic E-state index is 0.0433. The quantitative estimate of drug-likeness (QED) is 0.795. The van der Waals surface area contributed by atoms with E-state index in [2.05, 4.69) is 31.1 Å². The monoisotopic (exact) mass is 267 g/mol. The van der Waals surface area contributed by atoms with Gasteiger partial charge in [-0.25, -0.2) is 0 Å². The number of nitrogens with one attached hydrogen (secondary N) is 1. The van der Waals surface area contributed by atoms with Crippen LogP contribution in [-0.4, -0.2) is 54.6 Å². The molecule has 4 nitrogen and oxygen atoms in total. The molecule has 2 aliphatic rings. The predicted octanol–water partition coefficient (Wildman–Crippen LogP) is 1.66. The highest BCUT2D eigenvalue weighted by atomic mass is 16.2. The SMILES string of the molecule is CCC(C)C1NCN(CCN(C)C2CCCC2)C1=O. The summed E-state index contributed by atoms with van der Waals surface area (Å²) < 4.78 is 0. The van der Waals surface area contributed by atoms with E-state index in [9.17, 15) is 4.79 Å². The number of carbonyl (C=O) groups excluding carboxylic acids is 1. The third-order valence-corrected chi connectivity index (χ3v) is 4.96. The lowest BCUT2D eigenvalue weighted by Gasteiger charge is -2.26. The third kappa shape index (κ3) is 3.48. The van der Waals surface area contributed by atoms with Gasteiger partial charge < -0.3 is 9.80 Å². The summed E-state index contributed by atoms with van der Waals surface area (Å²) in [7, 11) is 2.20. The molecule has 0 aromatic heterocycles. The van der Waals surface area contributed by atoms with Gasteiger partial charge in [-0.05, 0) is 25.8 Å². The Balaban J connectivity index is 1.76. The van der Waals surface area contributed by atoms with Crippen molar-refractivity contribution in [1.82, 2.24) is 15.1 Å². The normalized spacial score (nSPS) is 26.6. The van der Waals surface area contributed by atoms with E-state index in [1.165, 1.54) is 25.7 Å². The summed E-state index contributed by atoms with van der Waals surface area (Å²) in [6, 6.07) is 0.790. The lowest BCUT2D eigenvalue weighted by molar-refractivity contribution is -0.130. The van der Waals surface area contributed by atoms with Crippen LogP contribution in [-0.2, 0) is 4.79 Å². The molecule has 0 radical (unpaired) electrons. The molecule has 0 bridgehead atoms. The van der Waals surface area contributed by atoms with Crippen LogP contribution >= 0.6 is 0 Å². The summed E-state index contributed by atoms with van der Waals surface area (Å²) in [5.41, 5.74) is 0. The van der Waals surface area contributed by atoms with E-state index in [1.807, 2.05) is 4.90 Å². The average Bonchev–Trinajstić information content (AvgIpc) is 3.05. The fourth-order valence-corrected chi connectivity index (χ4v) is 3.25. The molecular weight excluding hydrogens is 238 g/mol. The molecule has 1 saturated carbocycles. The number of hydrogen-bond acceptors (Lipinski definition) is 3. The molecule has 4 heteroatoms. The Labute approximate surface area is 117 Å². The first kappa shape index (κ1) is 14.8. The Morgan fingerprint density at radius 1 is 1.42 bits per heavy atom. The van der Waals surface area contributed by atoms with Crippen molar-refractivity contribution in [2.75, 3.05) is 26.8 Å². The number of amides is 1. The zero-order valence-electron chi connectivity index (χ0n) is 12.7. The summed E-state index contributed by atoms with van der Waals surface area (Å²) in [6.45, 7) is 6.91. The second kappa shape index (κ2) is 6.71. The molecule has 110 valence electrons. The van der Waals surface area contributed by atoms with E-state index in [4.69, 9.17) is 0 Å². The molecule has 0 spiro atoms. The van der Waals surface area contributed by atoms with Gasteiger partial charge in [0.25, 0.3) is 0 Å². The van der Waals surface area contributed by atoms with Crippen molar-refractivity contribution in [3.8, 4) is 0 Å². The van der Waals surface area contributed by atoms with Gasteiger partial charge in [0.1, 0.15) is 0 Å². The van der Waals surface area contributed by atoms with Gasteiger partial charge in [0, 0.05) is 19.1 Å². The van der Waals surface area contributed by atoms with E-state index in [0.29, 0.717) is 11.8 Å². The molecule has 2 rings (SSSR count). The van der Waals surface area contributed by atoms with Crippen LogP contribution in [0, 0.1) is 5.92 Å². The molecule has 19 heavy (non-hydrogen) atoms. The second-order valence-corrected chi connectivity index (χ2v) is 6.25. The molecular formula is C15H29N3O. The van der Waals surface area contributed by atoms with Crippen LogP contribution in [0.3, 0.4) is 0 Å². The van der Waals surface area contributed by atoms with Gasteiger partial charge in [0.05, 0.1) is 12.7 Å². The molecule has 1 amide bonds. The van der Waals surface area contributed by atoms with Gasteiger partial charge in [0.2, 0.25) is 5.91 Å². The first-order chi connectivity index (χ1) is 9.13. The molecule has 0 aromatic carbocycles. The maximum absolute atomic E-state index is 12.3. The van der Waals surface area contributed by atoms with Crippen LogP contribution in [0.4, 0.5) is 0 Å². The number of carbonyl (C=O) groups is 1. The maximum atomic E-state index is 12.3. The lowest BCUT2D eigenvalue weighted by atomic mass is 9.99. The Morgan fingerprint density at radius 2 is 2.11 bits per heavy atom. The first-order valence-corrected chi connectivity index (χ1v) is 7.86. The summed E-state index contributed by atoms with van der Waals surface area (Å²) in [4.78, 5) is 16.7. The van der Waals surface area contributed by atoms with E-state index in [-0.39, 0.29) is 6.04 Å². The zero-order chi connectivity index (χ0) is 13.8. The third-order valence-electron chi connectivity index (χ3n) is 4.96. The van der Waals surface area contributed by atoms with Crippen molar-refractivity contribution in [2.24, 2.45) is 5.92 Å². The highest BCUT2D eigenvalue weighted by Crippen LogP contribution is 2.22. The van der Waals surface area contributed by atoms with Gasteiger partial charge in [-0.3, -0.25) is 10.1 Å². The molecule has 2 atom stereocenters. The van der Waals surface area contributed by atoms with Crippen molar-refractivity contribution in [3.63, 3.8) is 0 Å². The molecule has 2 unspecified atom stereocenters. The van der Waals surface area contributed by atoms with E-state index in [0.717, 1.165) is 32.2 Å². The largest absolute Gasteiger partial charge is 0.327 e. The molecule has 2 fully saturated rings. The van der Waals surface area contributed by atoms with Crippen molar-refractivity contribution >= 4 is 5.91 Å². The van der Waals surface area contributed by atoms with Crippen molar-refractivity contribution < 1.29 is 4.79 Å². The topological polar surface area (TPSA) is 35.6 Å². The van der Waals surface area contributed by atoms with Crippen molar-refractivity contribution in [3.05, 3.63) is 0 Å². The Kier molecular flexibility index (Phi) is 5.22. The minimum Gasteiger partial charge on any atom is -0.327 e. The van der Waals surface area contributed by atoms with Gasteiger partial charge in [-0.15, -0.1) is 0 Å². The fraction of sp³-hybridized carbons (Fsp3) is 0.933. The van der Waals surface area contributed by atoms with Crippen LogP contribution in [0.1, 0.15) is 46.0 Å². The number of hydrogen-bond donors (Lipinski definition) is 1. The lowest BCUT2D eigenvalue weighted by Crippen LogP contribution is -2.40. The summed E-state index contributed by atoms with van der Waals surface area (Å²) in [6.07, 6.45) is 6.46. The molecule has 1 saturated heterocycles. The van der Waals surface area contributed by atoms with Crippen molar-refractivity contribution in [1.29, 1.82) is 0 Å². The highest BCUT2D eigenvalue weighted by molar-refractivity contribution is 5.84. The number of likely N-dealkylation sites (N-methyl/N-ethyl adjacent to an activating group) is 1. The van der Waals surface area contributed by atoms with E-state index < -0.39 is 0 Å². The summed E-state index contributed by atoms with van der Waals surface area (Å²) in [5.74, 6) is 0.735. The smallest absolute Gasteiger partial charge is 0.241 e. The molecule has 1 aliphatic carbocycles. The second-order valence-electron chi connectivity index (χ2n) is 6.25. The fourth-order valence-electron chi connectivity index (χ4n) is 3.25. The maximum Gasteiger partial charge on any atom is 0.241 e. The zero-order valence-corrected chi connectivity index (χ0v) is 12.7. The average molecular weight is 267 g/mol. The minimum absolute atomic E-state index is 0.0433. The standard InChI is InChI=1S/C15H29N3O/c1-4-12(2)14-15(19)18(11-16-14)10-9-17(3)13-7-5-6-8-13/h12-14,16H,4-11H2,1-3H3. The van der Waals surface area contributed by atoms with Gasteiger partial charge in [-0.2, -0.15) is 0 Å². The Morgan fingerprint density at radius 3 is 2.74 bits per heavy atom. The van der Waals surface area contributed by atoms with E-state index >= 15 is 0 Å². The van der Waals surface area contributed by atoms with Gasteiger partial charge in [-0.1, -0.05) is 33.1 Å². The van der Waals surface area contributed by atoms with Crippen LogP contribution in [0.25, 0.3) is 0 Å². The predicted molar refractivity (Wildman–Crippen MR) is 77.8 cm³/mol. The highest BCUT2D eigenvalue weighted by Gasteiger charge is 2.34. The summed E-state index contributed by atoms with van der Waals surface area (Å²) in [5, 5.41) is 3.36. The van der Waals surface area contributed by atoms with Crippen LogP contribution in [0.15, 0.2) is 0 Å². The van der Waals surface area contributed by atoms with Crippen LogP contribution in [0.2, 0.25) is 0 Å². The van der Waals surface area contributed by atoms with Crippen molar-refractivity contribution in [2.45, 2.75) is 58.0 Å². The number of rotatable bonds is 6. The number of nitrogens with zero attached hydrogens (tertiary/aromatic N) is 2. The van der Waals surface area contributed by atoms with Gasteiger partial charge >= 0.3 is 0 Å². The van der Waals surface area contributed by atoms with Crippen LogP contribution in [0.5, 0.6) is 0 Å². The molecule has 1 N–H and O–H groups in total. The first-order valence-electron chi connectivity index (χ1n) is 7.86. The molecule has 0 aromatic rings. The Bertz CT molecular complexity index is 302. The van der Waals surface area contributed by atoms with Gasteiger partial charge in [0.15, 0.2) is 0 Å². The van der Waals surface area contributed by atoms with E-state index in [1.54, 1.807) is 0 Å². The summed E-state index contributed by atoms with van der Waals surface area (Å²) >= 11 is 0. The molecule has 1 aliphatic heterocycles.